The quantitative estimate of drug-likeness (QED) is 0.589. The highest BCUT2D eigenvalue weighted by Gasteiger charge is 2.40. The van der Waals surface area contributed by atoms with E-state index in [0.29, 0.717) is 37.8 Å². The fourth-order valence-electron chi connectivity index (χ4n) is 4.97. The smallest absolute Gasteiger partial charge is 0.407 e. The summed E-state index contributed by atoms with van der Waals surface area (Å²) in [6.07, 6.45) is 0.556. The number of hydrogen-bond donors (Lipinski definition) is 1. The van der Waals surface area contributed by atoms with Crippen molar-refractivity contribution in [3.05, 3.63) is 64.8 Å². The molecule has 0 saturated carbocycles. The van der Waals surface area contributed by atoms with E-state index in [-0.39, 0.29) is 12.0 Å². The maximum atomic E-state index is 11.8. The molecule has 172 valence electrons. The molecule has 1 N–H and O–H groups in total. The Morgan fingerprint density at radius 2 is 2.00 bits per heavy atom. The van der Waals surface area contributed by atoms with Crippen LogP contribution in [0.25, 0.3) is 16.9 Å². The average Bonchev–Trinajstić information content (AvgIpc) is 3.38. The molecule has 2 heterocycles. The van der Waals surface area contributed by atoms with Crippen LogP contribution < -0.4 is 4.74 Å². The maximum Gasteiger partial charge on any atom is 0.407 e. The molecule has 2 unspecified atom stereocenters. The van der Waals surface area contributed by atoms with Crippen molar-refractivity contribution in [1.82, 2.24) is 14.7 Å². The molecule has 2 aliphatic rings. The molecular formula is C25H26ClN3O4. The molecule has 1 amide bonds. The highest BCUT2D eigenvalue weighted by Crippen LogP contribution is 2.40. The monoisotopic (exact) mass is 467 g/mol. The van der Waals surface area contributed by atoms with Crippen molar-refractivity contribution in [3.8, 4) is 22.7 Å². The number of para-hydroxylation sites is 2. The first kappa shape index (κ1) is 21.8. The van der Waals surface area contributed by atoms with Crippen LogP contribution in [0.2, 0.25) is 5.02 Å². The second-order valence-electron chi connectivity index (χ2n) is 8.38. The fourth-order valence-corrected chi connectivity index (χ4v) is 5.09. The van der Waals surface area contributed by atoms with Gasteiger partial charge < -0.3 is 19.5 Å². The molecule has 2 atom stereocenters. The molecule has 1 aromatic heterocycles. The van der Waals surface area contributed by atoms with Gasteiger partial charge in [-0.25, -0.2) is 9.48 Å². The van der Waals surface area contributed by atoms with Gasteiger partial charge in [0.15, 0.2) is 0 Å². The number of morpholine rings is 1. The molecule has 7 nitrogen and oxygen atoms in total. The Hall–Kier alpha value is -3.03. The first-order chi connectivity index (χ1) is 16.1. The van der Waals surface area contributed by atoms with Crippen LogP contribution in [0.3, 0.4) is 0 Å². The number of ether oxygens (including phenoxy) is 2. The third-order valence-electron chi connectivity index (χ3n) is 6.45. The van der Waals surface area contributed by atoms with Gasteiger partial charge in [-0.15, -0.1) is 0 Å². The zero-order valence-electron chi connectivity index (χ0n) is 18.4. The van der Waals surface area contributed by atoms with Crippen molar-refractivity contribution in [2.75, 3.05) is 26.4 Å². The lowest BCUT2D eigenvalue weighted by Gasteiger charge is -2.37. The highest BCUT2D eigenvalue weighted by molar-refractivity contribution is 6.30. The second-order valence-corrected chi connectivity index (χ2v) is 8.82. The molecule has 1 aliphatic heterocycles. The number of aromatic nitrogens is 2. The van der Waals surface area contributed by atoms with E-state index in [1.54, 1.807) is 0 Å². The molecule has 33 heavy (non-hydrogen) atoms. The van der Waals surface area contributed by atoms with Gasteiger partial charge >= 0.3 is 6.09 Å². The van der Waals surface area contributed by atoms with Crippen molar-refractivity contribution in [2.24, 2.45) is 5.92 Å². The number of carbonyl (C=O) groups is 1. The van der Waals surface area contributed by atoms with E-state index in [9.17, 15) is 9.90 Å². The lowest BCUT2D eigenvalue weighted by molar-refractivity contribution is -0.0192. The standard InChI is InChI=1S/C25H26ClN3O4/c1-2-33-23-6-4-3-5-21(23)29-24(16-7-9-18(26)10-8-16)19-13-17(14-20(19)27-29)22-15-32-12-11-28(22)25(30)31/h3-10,17,22H,2,11-15H2,1H3,(H,30,31). The second kappa shape index (κ2) is 9.08. The van der Waals surface area contributed by atoms with Gasteiger partial charge in [0.1, 0.15) is 11.4 Å². The summed E-state index contributed by atoms with van der Waals surface area (Å²) < 4.78 is 13.5. The van der Waals surface area contributed by atoms with E-state index < -0.39 is 6.09 Å². The maximum absolute atomic E-state index is 11.8. The topological polar surface area (TPSA) is 76.8 Å². The largest absolute Gasteiger partial charge is 0.492 e. The summed E-state index contributed by atoms with van der Waals surface area (Å²) in [4.78, 5) is 13.3. The predicted molar refractivity (Wildman–Crippen MR) is 125 cm³/mol. The normalized spacial score (nSPS) is 20.0. The van der Waals surface area contributed by atoms with Crippen molar-refractivity contribution >= 4 is 17.7 Å². The first-order valence-electron chi connectivity index (χ1n) is 11.2. The highest BCUT2D eigenvalue weighted by atomic mass is 35.5. The summed E-state index contributed by atoms with van der Waals surface area (Å²) in [6.45, 7) is 3.79. The number of carboxylic acid groups (broad SMARTS) is 1. The van der Waals surface area contributed by atoms with E-state index in [4.69, 9.17) is 26.2 Å². The van der Waals surface area contributed by atoms with Crippen LogP contribution in [0, 0.1) is 5.92 Å². The van der Waals surface area contributed by atoms with Crippen LogP contribution in [0.4, 0.5) is 4.79 Å². The summed E-state index contributed by atoms with van der Waals surface area (Å²) in [6, 6.07) is 15.5. The SMILES string of the molecule is CCOc1ccccc1-n1nc2c(c1-c1ccc(Cl)cc1)CC(C1COCCN1C(=O)O)C2. The van der Waals surface area contributed by atoms with Gasteiger partial charge in [-0.3, -0.25) is 0 Å². The lowest BCUT2D eigenvalue weighted by atomic mass is 9.94. The summed E-state index contributed by atoms with van der Waals surface area (Å²) in [5.41, 5.74) is 5.02. The zero-order chi connectivity index (χ0) is 22.9. The van der Waals surface area contributed by atoms with Gasteiger partial charge in [0.05, 0.1) is 37.3 Å². The van der Waals surface area contributed by atoms with Crippen molar-refractivity contribution < 1.29 is 19.4 Å². The Kier molecular flexibility index (Phi) is 6.00. The minimum Gasteiger partial charge on any atom is -0.492 e. The van der Waals surface area contributed by atoms with Gasteiger partial charge in [0.25, 0.3) is 0 Å². The van der Waals surface area contributed by atoms with Gasteiger partial charge in [-0.2, -0.15) is 5.10 Å². The van der Waals surface area contributed by atoms with Gasteiger partial charge in [-0.1, -0.05) is 35.9 Å². The number of benzene rings is 2. The molecule has 1 aliphatic carbocycles. The molecule has 1 saturated heterocycles. The number of rotatable bonds is 5. The van der Waals surface area contributed by atoms with E-state index in [1.807, 2.05) is 60.1 Å². The minimum absolute atomic E-state index is 0.127. The molecule has 0 bridgehead atoms. The molecule has 8 heteroatoms. The number of hydrogen-bond acceptors (Lipinski definition) is 4. The third kappa shape index (κ3) is 4.07. The average molecular weight is 468 g/mol. The summed E-state index contributed by atoms with van der Waals surface area (Å²) in [5.74, 6) is 0.896. The van der Waals surface area contributed by atoms with Crippen LogP contribution >= 0.6 is 11.6 Å². The van der Waals surface area contributed by atoms with Crippen molar-refractivity contribution in [3.63, 3.8) is 0 Å². The zero-order valence-corrected chi connectivity index (χ0v) is 19.2. The van der Waals surface area contributed by atoms with Gasteiger partial charge in [0, 0.05) is 22.7 Å². The summed E-state index contributed by atoms with van der Waals surface area (Å²) in [5, 5.41) is 15.4. The van der Waals surface area contributed by atoms with E-state index in [2.05, 4.69) is 0 Å². The van der Waals surface area contributed by atoms with E-state index >= 15 is 0 Å². The minimum atomic E-state index is -0.888. The van der Waals surface area contributed by atoms with Gasteiger partial charge in [-0.05, 0) is 49.9 Å². The third-order valence-corrected chi connectivity index (χ3v) is 6.71. The van der Waals surface area contributed by atoms with Gasteiger partial charge in [0.2, 0.25) is 0 Å². The molecule has 0 radical (unpaired) electrons. The van der Waals surface area contributed by atoms with Crippen LogP contribution in [-0.4, -0.2) is 58.3 Å². The first-order valence-corrected chi connectivity index (χ1v) is 11.6. The fraction of sp³-hybridized carbons (Fsp3) is 0.360. The Morgan fingerprint density at radius 3 is 2.76 bits per heavy atom. The van der Waals surface area contributed by atoms with E-state index in [0.717, 1.165) is 40.4 Å². The predicted octanol–water partition coefficient (Wildman–Crippen LogP) is 4.69. The molecule has 0 spiro atoms. The van der Waals surface area contributed by atoms with Crippen LogP contribution in [-0.2, 0) is 17.6 Å². The number of halogens is 1. The number of fused-ring (bicyclic) bond motifs is 1. The van der Waals surface area contributed by atoms with Crippen LogP contribution in [0.15, 0.2) is 48.5 Å². The van der Waals surface area contributed by atoms with Crippen LogP contribution in [0.5, 0.6) is 5.75 Å². The molecule has 1 fully saturated rings. The Bertz CT molecular complexity index is 1160. The van der Waals surface area contributed by atoms with E-state index in [1.165, 1.54) is 4.90 Å². The van der Waals surface area contributed by atoms with Crippen LogP contribution in [0.1, 0.15) is 18.2 Å². The molecular weight excluding hydrogens is 442 g/mol. The number of nitrogens with zero attached hydrogens (tertiary/aromatic N) is 3. The number of amides is 1. The summed E-state index contributed by atoms with van der Waals surface area (Å²) >= 11 is 6.17. The van der Waals surface area contributed by atoms with Crippen molar-refractivity contribution in [1.29, 1.82) is 0 Å². The molecule has 3 aromatic rings. The Morgan fingerprint density at radius 1 is 1.21 bits per heavy atom. The lowest BCUT2D eigenvalue weighted by Crippen LogP contribution is -2.52. The van der Waals surface area contributed by atoms with Crippen molar-refractivity contribution in [2.45, 2.75) is 25.8 Å². The molecule has 5 rings (SSSR count). The Balaban J connectivity index is 1.58. The molecule has 2 aromatic carbocycles. The summed E-state index contributed by atoms with van der Waals surface area (Å²) in [7, 11) is 0. The Labute approximate surface area is 197 Å².